The van der Waals surface area contributed by atoms with E-state index in [4.69, 9.17) is 0 Å². The number of aliphatic hydroxyl groups is 1. The molecule has 0 spiro atoms. The normalized spacial score (nSPS) is 27.6. The van der Waals surface area contributed by atoms with Crippen molar-refractivity contribution < 1.29 is 5.11 Å². The van der Waals surface area contributed by atoms with E-state index in [0.717, 1.165) is 6.54 Å². The van der Waals surface area contributed by atoms with Gasteiger partial charge in [-0.3, -0.25) is 0 Å². The van der Waals surface area contributed by atoms with Crippen LogP contribution in [0.5, 0.6) is 0 Å². The number of hydrogen-bond acceptors (Lipinski definition) is 3. The zero-order chi connectivity index (χ0) is 13.7. The van der Waals surface area contributed by atoms with E-state index in [0.29, 0.717) is 17.9 Å². The summed E-state index contributed by atoms with van der Waals surface area (Å²) in [5, 5.41) is 9.24. The summed E-state index contributed by atoms with van der Waals surface area (Å²) in [5.74, 6) is 0.522. The predicted molar refractivity (Wildman–Crippen MR) is 80.3 cm³/mol. The Morgan fingerprint density at radius 3 is 2.16 bits per heavy atom. The molecule has 0 aliphatic carbocycles. The Morgan fingerprint density at radius 1 is 0.947 bits per heavy atom. The molecule has 2 saturated heterocycles. The molecule has 1 N–H and O–H groups in total. The lowest BCUT2D eigenvalue weighted by atomic mass is 9.91. The van der Waals surface area contributed by atoms with Gasteiger partial charge in [0.2, 0.25) is 0 Å². The fourth-order valence-corrected chi connectivity index (χ4v) is 3.76. The molecule has 1 atom stereocenters. The second kappa shape index (κ2) is 7.05. The van der Waals surface area contributed by atoms with E-state index in [1.54, 1.807) is 0 Å². The highest BCUT2D eigenvalue weighted by Crippen LogP contribution is 2.25. The monoisotopic (exact) mass is 268 g/mol. The summed E-state index contributed by atoms with van der Waals surface area (Å²) in [7, 11) is 0. The van der Waals surface area contributed by atoms with Gasteiger partial charge >= 0.3 is 0 Å². The summed E-state index contributed by atoms with van der Waals surface area (Å²) in [4.78, 5) is 5.23. The second-order valence-corrected chi connectivity index (χ2v) is 7.43. The van der Waals surface area contributed by atoms with Crippen molar-refractivity contribution in [2.45, 2.75) is 46.0 Å². The van der Waals surface area contributed by atoms with Gasteiger partial charge in [0, 0.05) is 26.2 Å². The Bertz CT molecular complexity index is 259. The van der Waals surface area contributed by atoms with Crippen molar-refractivity contribution >= 4 is 0 Å². The van der Waals surface area contributed by atoms with Crippen LogP contribution in [0.3, 0.4) is 0 Å². The molecule has 1 unspecified atom stereocenters. The third-order valence-electron chi connectivity index (χ3n) is 4.63. The molecule has 3 heteroatoms. The summed E-state index contributed by atoms with van der Waals surface area (Å²) in [5.41, 5.74) is 0.370. The molecule has 0 aromatic heterocycles. The van der Waals surface area contributed by atoms with Crippen molar-refractivity contribution in [2.24, 2.45) is 11.3 Å². The smallest absolute Gasteiger partial charge is 0.0471 e. The van der Waals surface area contributed by atoms with Gasteiger partial charge in [0.15, 0.2) is 0 Å². The lowest BCUT2D eigenvalue weighted by Crippen LogP contribution is -2.42. The topological polar surface area (TPSA) is 26.7 Å². The van der Waals surface area contributed by atoms with Gasteiger partial charge in [0.1, 0.15) is 0 Å². The first kappa shape index (κ1) is 15.3. The van der Waals surface area contributed by atoms with Crippen LogP contribution in [0.25, 0.3) is 0 Å². The van der Waals surface area contributed by atoms with Crippen LogP contribution in [0.1, 0.15) is 46.0 Å². The maximum Gasteiger partial charge on any atom is 0.0471 e. The Balaban J connectivity index is 1.77. The number of hydrogen-bond donors (Lipinski definition) is 1. The highest BCUT2D eigenvalue weighted by molar-refractivity contribution is 4.83. The van der Waals surface area contributed by atoms with Crippen LogP contribution in [-0.2, 0) is 0 Å². The van der Waals surface area contributed by atoms with Gasteiger partial charge in [0.25, 0.3) is 0 Å². The first-order valence-electron chi connectivity index (χ1n) is 8.15. The van der Waals surface area contributed by atoms with E-state index in [1.165, 1.54) is 64.8 Å². The summed E-state index contributed by atoms with van der Waals surface area (Å²) in [6.45, 7) is 12.4. The van der Waals surface area contributed by atoms with Crippen molar-refractivity contribution in [1.29, 1.82) is 0 Å². The highest BCUT2D eigenvalue weighted by Gasteiger charge is 2.29. The first-order chi connectivity index (χ1) is 9.09. The number of aliphatic hydroxyl groups excluding tert-OH is 1. The third kappa shape index (κ3) is 5.05. The number of rotatable bonds is 5. The molecule has 19 heavy (non-hydrogen) atoms. The fraction of sp³-hybridized carbons (Fsp3) is 1.00. The lowest BCUT2D eigenvalue weighted by Gasteiger charge is -2.35. The van der Waals surface area contributed by atoms with Gasteiger partial charge in [-0.05, 0) is 50.2 Å². The molecule has 0 radical (unpaired) electrons. The zero-order valence-corrected chi connectivity index (χ0v) is 12.9. The summed E-state index contributed by atoms with van der Waals surface area (Å²) in [6, 6.07) is 0. The van der Waals surface area contributed by atoms with Crippen molar-refractivity contribution in [1.82, 2.24) is 9.80 Å². The minimum atomic E-state index is 0.364. The largest absolute Gasteiger partial charge is 0.396 e. The Kier molecular flexibility index (Phi) is 5.67. The van der Waals surface area contributed by atoms with Crippen LogP contribution in [0, 0.1) is 11.3 Å². The zero-order valence-electron chi connectivity index (χ0n) is 12.9. The molecule has 0 aromatic carbocycles. The van der Waals surface area contributed by atoms with Crippen LogP contribution >= 0.6 is 0 Å². The van der Waals surface area contributed by atoms with Crippen LogP contribution in [0.4, 0.5) is 0 Å². The van der Waals surface area contributed by atoms with Crippen LogP contribution in [-0.4, -0.2) is 60.8 Å². The number of nitrogens with zero attached hydrogens (tertiary/aromatic N) is 2. The summed E-state index contributed by atoms with van der Waals surface area (Å²) >= 11 is 0. The van der Waals surface area contributed by atoms with Crippen molar-refractivity contribution in [3.8, 4) is 0 Å². The molecule has 0 bridgehead atoms. The molecule has 112 valence electrons. The summed E-state index contributed by atoms with van der Waals surface area (Å²) < 4.78 is 0. The van der Waals surface area contributed by atoms with Crippen LogP contribution < -0.4 is 0 Å². The third-order valence-corrected chi connectivity index (χ3v) is 4.63. The van der Waals surface area contributed by atoms with E-state index in [1.807, 2.05) is 0 Å². The molecule has 0 aromatic rings. The molecular formula is C16H32N2O. The maximum atomic E-state index is 9.24. The number of likely N-dealkylation sites (tertiary alicyclic amines) is 2. The average Bonchev–Trinajstić information content (AvgIpc) is 2.64. The Labute approximate surface area is 119 Å². The molecule has 2 fully saturated rings. The maximum absolute atomic E-state index is 9.24. The molecule has 3 nitrogen and oxygen atoms in total. The Morgan fingerprint density at radius 2 is 1.58 bits per heavy atom. The molecule has 2 rings (SSSR count). The first-order valence-corrected chi connectivity index (χ1v) is 8.15. The van der Waals surface area contributed by atoms with Crippen LogP contribution in [0.2, 0.25) is 0 Å². The quantitative estimate of drug-likeness (QED) is 0.828. The Hall–Kier alpha value is -0.120. The van der Waals surface area contributed by atoms with Gasteiger partial charge in [-0.1, -0.05) is 26.7 Å². The fourth-order valence-electron chi connectivity index (χ4n) is 3.76. The molecule has 2 aliphatic heterocycles. The van der Waals surface area contributed by atoms with E-state index in [-0.39, 0.29) is 0 Å². The lowest BCUT2D eigenvalue weighted by molar-refractivity contribution is 0.129. The SMILES string of the molecule is CC(C)(CN1CCCCCC1)CN1CCC(CO)C1. The van der Waals surface area contributed by atoms with Gasteiger partial charge in [-0.25, -0.2) is 0 Å². The highest BCUT2D eigenvalue weighted by atomic mass is 16.3. The standard InChI is InChI=1S/C16H32N2O/c1-16(2,13-17-8-5-3-4-6-9-17)14-18-10-7-15(11-18)12-19/h15,19H,3-14H2,1-2H3. The molecule has 2 heterocycles. The molecule has 2 aliphatic rings. The van der Waals surface area contributed by atoms with E-state index in [2.05, 4.69) is 23.6 Å². The molecular weight excluding hydrogens is 236 g/mol. The predicted octanol–water partition coefficient (Wildman–Crippen LogP) is 2.20. The molecule has 0 amide bonds. The van der Waals surface area contributed by atoms with Crippen LogP contribution in [0.15, 0.2) is 0 Å². The van der Waals surface area contributed by atoms with Gasteiger partial charge in [0.05, 0.1) is 0 Å². The minimum Gasteiger partial charge on any atom is -0.396 e. The second-order valence-electron chi connectivity index (χ2n) is 7.43. The van der Waals surface area contributed by atoms with E-state index < -0.39 is 0 Å². The van der Waals surface area contributed by atoms with Gasteiger partial charge < -0.3 is 14.9 Å². The average molecular weight is 268 g/mol. The van der Waals surface area contributed by atoms with Crippen molar-refractivity contribution in [3.05, 3.63) is 0 Å². The minimum absolute atomic E-state index is 0.364. The van der Waals surface area contributed by atoms with Crippen molar-refractivity contribution in [3.63, 3.8) is 0 Å². The van der Waals surface area contributed by atoms with E-state index in [9.17, 15) is 5.11 Å². The van der Waals surface area contributed by atoms with Gasteiger partial charge in [-0.2, -0.15) is 0 Å². The van der Waals surface area contributed by atoms with Gasteiger partial charge in [-0.15, -0.1) is 0 Å². The van der Waals surface area contributed by atoms with Crippen molar-refractivity contribution in [2.75, 3.05) is 45.9 Å². The van der Waals surface area contributed by atoms with E-state index >= 15 is 0 Å². The summed E-state index contributed by atoms with van der Waals surface area (Å²) in [6.07, 6.45) is 6.78. The molecule has 0 saturated carbocycles.